The van der Waals surface area contributed by atoms with Gasteiger partial charge in [0.1, 0.15) is 0 Å². The molecule has 0 heterocycles. The summed E-state index contributed by atoms with van der Waals surface area (Å²) in [4.78, 5) is 2.46. The predicted molar refractivity (Wildman–Crippen MR) is 187 cm³/mol. The van der Waals surface area contributed by atoms with Crippen LogP contribution in [0.25, 0.3) is 44.2 Å². The minimum atomic E-state index is -0.0921. The van der Waals surface area contributed by atoms with Crippen LogP contribution in [-0.2, 0) is 5.41 Å². The van der Waals surface area contributed by atoms with Crippen LogP contribution in [0, 0.1) is 0 Å². The molecule has 1 nitrogen and oxygen atoms in total. The molecule has 0 radical (unpaired) electrons. The van der Waals surface area contributed by atoms with Gasteiger partial charge in [-0.05, 0) is 80.0 Å². The highest BCUT2D eigenvalue weighted by Gasteiger charge is 2.36. The van der Waals surface area contributed by atoms with E-state index in [1.807, 2.05) is 0 Å². The fraction of sp³-hybridized carbons (Fsp3) is 0.0698. The Balaban J connectivity index is 1.41. The van der Waals surface area contributed by atoms with Crippen LogP contribution < -0.4 is 4.90 Å². The minimum Gasteiger partial charge on any atom is -0.310 e. The van der Waals surface area contributed by atoms with Crippen LogP contribution in [-0.4, -0.2) is 0 Å². The summed E-state index contributed by atoms with van der Waals surface area (Å²) in [6, 6.07) is 59.6. The molecule has 0 fully saturated rings. The molecule has 0 saturated carbocycles. The number of nitrogens with zero attached hydrogens (tertiary/aromatic N) is 1. The molecule has 0 bridgehead atoms. The quantitative estimate of drug-likeness (QED) is 0.201. The van der Waals surface area contributed by atoms with Gasteiger partial charge in [-0.25, -0.2) is 0 Å². The number of fused-ring (bicyclic) bond motifs is 4. The first kappa shape index (κ1) is 26.2. The van der Waals surface area contributed by atoms with Gasteiger partial charge in [0.2, 0.25) is 0 Å². The van der Waals surface area contributed by atoms with Crippen LogP contribution in [0.5, 0.6) is 0 Å². The lowest BCUT2D eigenvalue weighted by molar-refractivity contribution is 0.660. The third-order valence-electron chi connectivity index (χ3n) is 9.25. The molecule has 1 aliphatic rings. The third-order valence-corrected chi connectivity index (χ3v) is 9.25. The maximum absolute atomic E-state index is 2.46. The smallest absolute Gasteiger partial charge is 0.0546 e. The zero-order valence-corrected chi connectivity index (χ0v) is 25.0. The van der Waals surface area contributed by atoms with E-state index in [2.05, 4.69) is 183 Å². The number of rotatable bonds is 5. The summed E-state index contributed by atoms with van der Waals surface area (Å²) in [5, 5.41) is 2.48. The summed E-state index contributed by atoms with van der Waals surface area (Å²) in [5.74, 6) is 0. The second-order valence-electron chi connectivity index (χ2n) is 12.2. The molecular formula is C43H33N. The van der Waals surface area contributed by atoms with Gasteiger partial charge in [0.25, 0.3) is 0 Å². The highest BCUT2D eigenvalue weighted by molar-refractivity contribution is 6.05. The highest BCUT2D eigenvalue weighted by Crippen LogP contribution is 2.51. The van der Waals surface area contributed by atoms with Crippen molar-refractivity contribution in [2.45, 2.75) is 19.3 Å². The second kappa shape index (κ2) is 10.4. The average Bonchev–Trinajstić information content (AvgIpc) is 3.31. The number of hydrogen-bond acceptors (Lipinski definition) is 1. The molecule has 0 saturated heterocycles. The summed E-state index contributed by atoms with van der Waals surface area (Å²) in [6.45, 7) is 4.71. The van der Waals surface area contributed by atoms with Crippen LogP contribution in [0.1, 0.15) is 25.0 Å². The highest BCUT2D eigenvalue weighted by atomic mass is 15.1. The molecule has 1 aliphatic carbocycles. The van der Waals surface area contributed by atoms with Crippen LogP contribution in [0.4, 0.5) is 17.1 Å². The van der Waals surface area contributed by atoms with Crippen molar-refractivity contribution < 1.29 is 0 Å². The monoisotopic (exact) mass is 563 g/mol. The van der Waals surface area contributed by atoms with Crippen molar-refractivity contribution in [2.75, 3.05) is 4.90 Å². The summed E-state index contributed by atoms with van der Waals surface area (Å²) >= 11 is 0. The Morgan fingerprint density at radius 3 is 1.89 bits per heavy atom. The Labute approximate surface area is 259 Å². The molecule has 0 unspecified atom stereocenters. The normalized spacial score (nSPS) is 13.0. The van der Waals surface area contributed by atoms with Crippen LogP contribution in [0.15, 0.2) is 164 Å². The molecule has 0 amide bonds. The average molecular weight is 564 g/mol. The Bertz CT molecular complexity index is 2140. The third kappa shape index (κ3) is 4.24. The van der Waals surface area contributed by atoms with Crippen molar-refractivity contribution in [3.8, 4) is 33.4 Å². The van der Waals surface area contributed by atoms with Gasteiger partial charge in [0, 0.05) is 22.4 Å². The fourth-order valence-corrected chi connectivity index (χ4v) is 7.07. The van der Waals surface area contributed by atoms with Crippen LogP contribution in [0.3, 0.4) is 0 Å². The lowest BCUT2D eigenvalue weighted by atomic mass is 9.82. The zero-order chi connectivity index (χ0) is 29.7. The van der Waals surface area contributed by atoms with E-state index < -0.39 is 0 Å². The van der Waals surface area contributed by atoms with E-state index in [0.717, 1.165) is 17.1 Å². The molecule has 44 heavy (non-hydrogen) atoms. The number of benzene rings is 7. The first-order valence-corrected chi connectivity index (χ1v) is 15.4. The molecule has 0 N–H and O–H groups in total. The molecule has 7 aromatic carbocycles. The van der Waals surface area contributed by atoms with Gasteiger partial charge in [-0.2, -0.15) is 0 Å². The van der Waals surface area contributed by atoms with Crippen molar-refractivity contribution in [1.82, 2.24) is 0 Å². The lowest BCUT2D eigenvalue weighted by Crippen LogP contribution is -2.17. The molecule has 0 aliphatic heterocycles. The van der Waals surface area contributed by atoms with Gasteiger partial charge in [-0.15, -0.1) is 0 Å². The van der Waals surface area contributed by atoms with Gasteiger partial charge < -0.3 is 4.90 Å². The van der Waals surface area contributed by atoms with Crippen LogP contribution >= 0.6 is 0 Å². The summed E-state index contributed by atoms with van der Waals surface area (Å²) < 4.78 is 0. The summed E-state index contributed by atoms with van der Waals surface area (Å²) in [6.07, 6.45) is 0. The van der Waals surface area contributed by atoms with E-state index in [0.29, 0.717) is 0 Å². The van der Waals surface area contributed by atoms with Gasteiger partial charge in [-0.3, -0.25) is 0 Å². The Morgan fingerprint density at radius 1 is 0.432 bits per heavy atom. The van der Waals surface area contributed by atoms with E-state index in [9.17, 15) is 0 Å². The van der Waals surface area contributed by atoms with Crippen molar-refractivity contribution in [3.05, 3.63) is 175 Å². The Morgan fingerprint density at radius 2 is 1.07 bits per heavy atom. The Hall–Kier alpha value is -5.40. The predicted octanol–water partition coefficient (Wildman–Crippen LogP) is 11.9. The maximum Gasteiger partial charge on any atom is 0.0546 e. The topological polar surface area (TPSA) is 3.24 Å². The molecule has 8 rings (SSSR count). The molecule has 0 spiro atoms. The van der Waals surface area contributed by atoms with E-state index in [1.165, 1.54) is 55.3 Å². The van der Waals surface area contributed by atoms with Crippen molar-refractivity contribution in [1.29, 1.82) is 0 Å². The van der Waals surface area contributed by atoms with E-state index in [-0.39, 0.29) is 5.41 Å². The molecule has 210 valence electrons. The van der Waals surface area contributed by atoms with Crippen molar-refractivity contribution >= 4 is 27.8 Å². The van der Waals surface area contributed by atoms with Gasteiger partial charge >= 0.3 is 0 Å². The minimum absolute atomic E-state index is 0.0921. The molecule has 7 aromatic rings. The summed E-state index contributed by atoms with van der Waals surface area (Å²) in [7, 11) is 0. The number of hydrogen-bond donors (Lipinski definition) is 0. The van der Waals surface area contributed by atoms with Crippen LogP contribution in [0.2, 0.25) is 0 Å². The molecule has 0 aromatic heterocycles. The maximum atomic E-state index is 2.46. The first-order chi connectivity index (χ1) is 21.6. The molecule has 0 atom stereocenters. The van der Waals surface area contributed by atoms with Gasteiger partial charge in [0.05, 0.1) is 5.69 Å². The SMILES string of the molecule is CC1(C)c2ccccc2-c2ccc(N(c3cccc(-c4ccccc4)c3)c3ccc4ccccc4c3-c3ccccc3)cc21. The second-order valence-corrected chi connectivity index (χ2v) is 12.2. The molecular weight excluding hydrogens is 530 g/mol. The summed E-state index contributed by atoms with van der Waals surface area (Å²) in [5.41, 5.74) is 13.6. The van der Waals surface area contributed by atoms with Crippen molar-refractivity contribution in [3.63, 3.8) is 0 Å². The number of anilines is 3. The zero-order valence-electron chi connectivity index (χ0n) is 25.0. The van der Waals surface area contributed by atoms with E-state index >= 15 is 0 Å². The van der Waals surface area contributed by atoms with E-state index in [1.54, 1.807) is 0 Å². The van der Waals surface area contributed by atoms with E-state index in [4.69, 9.17) is 0 Å². The van der Waals surface area contributed by atoms with Gasteiger partial charge in [-0.1, -0.05) is 147 Å². The first-order valence-electron chi connectivity index (χ1n) is 15.4. The van der Waals surface area contributed by atoms with Crippen molar-refractivity contribution in [2.24, 2.45) is 0 Å². The lowest BCUT2D eigenvalue weighted by Gasteiger charge is -2.30. The standard InChI is InChI=1S/C43H33N/c1-43(2)39-23-12-11-22-37(39)38-26-25-35(29-40(38)43)44(34-20-13-19-33(28-34)30-14-5-3-6-15-30)41-27-24-31-16-9-10-21-36(31)42(41)32-17-7-4-8-18-32/h3-29H,1-2H3. The van der Waals surface area contributed by atoms with Gasteiger partial charge in [0.15, 0.2) is 0 Å². The largest absolute Gasteiger partial charge is 0.310 e. The molecule has 1 heteroatoms. The fourth-order valence-electron chi connectivity index (χ4n) is 7.07. The Kier molecular flexibility index (Phi) is 6.20.